The van der Waals surface area contributed by atoms with E-state index in [4.69, 9.17) is 4.74 Å². The van der Waals surface area contributed by atoms with Crippen molar-refractivity contribution < 1.29 is 14.3 Å². The van der Waals surface area contributed by atoms with Gasteiger partial charge in [-0.3, -0.25) is 9.69 Å². The van der Waals surface area contributed by atoms with E-state index in [0.717, 1.165) is 39.3 Å². The molecule has 0 aromatic heterocycles. The molecule has 1 rings (SSSR count). The van der Waals surface area contributed by atoms with E-state index in [-0.39, 0.29) is 12.1 Å². The lowest BCUT2D eigenvalue weighted by Crippen LogP contribution is -2.47. The van der Waals surface area contributed by atoms with E-state index in [1.807, 2.05) is 7.05 Å². The molecule has 0 amide bonds. The summed E-state index contributed by atoms with van der Waals surface area (Å²) in [4.78, 5) is 15.5. The van der Waals surface area contributed by atoms with E-state index in [2.05, 4.69) is 21.5 Å². The Bertz CT molecular complexity index is 236. The smallest absolute Gasteiger partial charge is 0.306 e. The van der Waals surface area contributed by atoms with E-state index >= 15 is 0 Å². The largest absolute Gasteiger partial charge is 0.469 e. The molecule has 5 nitrogen and oxygen atoms in total. The molecule has 0 spiro atoms. The summed E-state index contributed by atoms with van der Waals surface area (Å²) in [7, 11) is 3.43. The van der Waals surface area contributed by atoms with Crippen LogP contribution in [0.5, 0.6) is 0 Å². The van der Waals surface area contributed by atoms with E-state index in [0.29, 0.717) is 6.42 Å². The summed E-state index contributed by atoms with van der Waals surface area (Å²) in [6.07, 6.45) is 0.698. The van der Waals surface area contributed by atoms with E-state index < -0.39 is 0 Å². The predicted octanol–water partition coefficient (Wildman–Crippen LogP) is 0.202. The molecular formula is C12H24N2O3. The summed E-state index contributed by atoms with van der Waals surface area (Å²) in [5.41, 5.74) is 0. The molecular weight excluding hydrogens is 220 g/mol. The molecule has 1 atom stereocenters. The highest BCUT2D eigenvalue weighted by Crippen LogP contribution is 2.06. The molecule has 0 aromatic rings. The van der Waals surface area contributed by atoms with Gasteiger partial charge in [0.2, 0.25) is 0 Å². The van der Waals surface area contributed by atoms with Crippen molar-refractivity contribution in [1.29, 1.82) is 0 Å². The minimum Gasteiger partial charge on any atom is -0.469 e. The van der Waals surface area contributed by atoms with Crippen LogP contribution in [0.15, 0.2) is 0 Å². The van der Waals surface area contributed by atoms with Crippen LogP contribution in [0.3, 0.4) is 0 Å². The maximum absolute atomic E-state index is 11.0. The number of esters is 1. The number of likely N-dealkylation sites (N-methyl/N-ethyl adjacent to an activating group) is 2. The molecule has 0 N–H and O–H groups in total. The SMILES string of the molecule is CCN1CCOC(CN(C)CCC(=O)OC)C1. The van der Waals surface area contributed by atoms with Crippen molar-refractivity contribution in [1.82, 2.24) is 9.80 Å². The average molecular weight is 244 g/mol. The van der Waals surface area contributed by atoms with Gasteiger partial charge in [-0.05, 0) is 13.6 Å². The second-order valence-electron chi connectivity index (χ2n) is 4.47. The van der Waals surface area contributed by atoms with Crippen molar-refractivity contribution in [3.8, 4) is 0 Å². The van der Waals surface area contributed by atoms with Gasteiger partial charge in [-0.2, -0.15) is 0 Å². The molecule has 1 unspecified atom stereocenters. The van der Waals surface area contributed by atoms with Gasteiger partial charge in [0.05, 0.1) is 26.2 Å². The maximum atomic E-state index is 11.0. The molecule has 1 aliphatic rings. The number of ether oxygens (including phenoxy) is 2. The minimum atomic E-state index is -0.156. The summed E-state index contributed by atoms with van der Waals surface area (Å²) < 4.78 is 10.3. The number of morpholine rings is 1. The Morgan fingerprint density at radius 2 is 2.35 bits per heavy atom. The number of rotatable bonds is 6. The van der Waals surface area contributed by atoms with Gasteiger partial charge in [-0.25, -0.2) is 0 Å². The molecule has 100 valence electrons. The van der Waals surface area contributed by atoms with Crippen molar-refractivity contribution in [3.63, 3.8) is 0 Å². The summed E-state index contributed by atoms with van der Waals surface area (Å²) in [6, 6.07) is 0. The van der Waals surface area contributed by atoms with Gasteiger partial charge in [-0.15, -0.1) is 0 Å². The molecule has 1 heterocycles. The molecule has 0 aliphatic carbocycles. The highest BCUT2D eigenvalue weighted by molar-refractivity contribution is 5.69. The zero-order valence-electron chi connectivity index (χ0n) is 11.1. The van der Waals surface area contributed by atoms with Gasteiger partial charge in [0.15, 0.2) is 0 Å². The Kier molecular flexibility index (Phi) is 6.47. The van der Waals surface area contributed by atoms with Crippen LogP contribution in [0.2, 0.25) is 0 Å². The summed E-state index contributed by atoms with van der Waals surface area (Å²) in [5, 5.41) is 0. The topological polar surface area (TPSA) is 42.0 Å². The molecule has 1 fully saturated rings. The predicted molar refractivity (Wildman–Crippen MR) is 66.0 cm³/mol. The Morgan fingerprint density at radius 3 is 3.00 bits per heavy atom. The van der Waals surface area contributed by atoms with Crippen LogP contribution in [-0.2, 0) is 14.3 Å². The lowest BCUT2D eigenvalue weighted by molar-refractivity contribution is -0.141. The molecule has 0 radical (unpaired) electrons. The third kappa shape index (κ3) is 5.48. The molecule has 0 bridgehead atoms. The Labute approximate surface area is 104 Å². The lowest BCUT2D eigenvalue weighted by atomic mass is 10.2. The van der Waals surface area contributed by atoms with Gasteiger partial charge in [-0.1, -0.05) is 6.92 Å². The fourth-order valence-electron chi connectivity index (χ4n) is 2.00. The number of hydrogen-bond donors (Lipinski definition) is 0. The number of methoxy groups -OCH3 is 1. The lowest BCUT2D eigenvalue weighted by Gasteiger charge is -2.34. The van der Waals surface area contributed by atoms with Crippen LogP contribution in [0.1, 0.15) is 13.3 Å². The van der Waals surface area contributed by atoms with Crippen LogP contribution >= 0.6 is 0 Å². The quantitative estimate of drug-likeness (QED) is 0.625. The normalized spacial score (nSPS) is 21.8. The van der Waals surface area contributed by atoms with Crippen LogP contribution in [0, 0.1) is 0 Å². The van der Waals surface area contributed by atoms with Crippen LogP contribution in [0.25, 0.3) is 0 Å². The number of nitrogens with zero attached hydrogens (tertiary/aromatic N) is 2. The highest BCUT2D eigenvalue weighted by atomic mass is 16.5. The zero-order chi connectivity index (χ0) is 12.7. The number of carbonyl (C=O) groups is 1. The second kappa shape index (κ2) is 7.63. The highest BCUT2D eigenvalue weighted by Gasteiger charge is 2.20. The van der Waals surface area contributed by atoms with E-state index in [9.17, 15) is 4.79 Å². The molecule has 0 aromatic carbocycles. The molecule has 0 saturated carbocycles. The molecule has 1 aliphatic heterocycles. The minimum absolute atomic E-state index is 0.156. The third-order valence-corrected chi connectivity index (χ3v) is 3.11. The van der Waals surface area contributed by atoms with Crippen molar-refractivity contribution in [3.05, 3.63) is 0 Å². The first-order chi connectivity index (χ1) is 8.15. The van der Waals surface area contributed by atoms with Crippen molar-refractivity contribution in [2.45, 2.75) is 19.4 Å². The first-order valence-corrected chi connectivity index (χ1v) is 6.25. The van der Waals surface area contributed by atoms with Crippen LogP contribution < -0.4 is 0 Å². The Balaban J connectivity index is 2.20. The zero-order valence-corrected chi connectivity index (χ0v) is 11.1. The van der Waals surface area contributed by atoms with Crippen molar-refractivity contribution >= 4 is 5.97 Å². The maximum Gasteiger partial charge on any atom is 0.306 e. The van der Waals surface area contributed by atoms with Gasteiger partial charge in [0, 0.05) is 26.2 Å². The van der Waals surface area contributed by atoms with Gasteiger partial charge in [0.25, 0.3) is 0 Å². The monoisotopic (exact) mass is 244 g/mol. The first kappa shape index (κ1) is 14.4. The van der Waals surface area contributed by atoms with Crippen molar-refractivity contribution in [2.75, 3.05) is 53.5 Å². The average Bonchev–Trinajstić information content (AvgIpc) is 2.36. The Morgan fingerprint density at radius 1 is 1.59 bits per heavy atom. The fraction of sp³-hybridized carbons (Fsp3) is 0.917. The van der Waals surface area contributed by atoms with Crippen molar-refractivity contribution in [2.24, 2.45) is 0 Å². The Hall–Kier alpha value is -0.650. The second-order valence-corrected chi connectivity index (χ2v) is 4.47. The van der Waals surface area contributed by atoms with E-state index in [1.54, 1.807) is 0 Å². The van der Waals surface area contributed by atoms with Gasteiger partial charge >= 0.3 is 5.97 Å². The van der Waals surface area contributed by atoms with E-state index in [1.165, 1.54) is 7.11 Å². The molecule has 17 heavy (non-hydrogen) atoms. The standard InChI is InChI=1S/C12H24N2O3/c1-4-14-7-8-17-11(10-14)9-13(2)6-5-12(15)16-3/h11H,4-10H2,1-3H3. The summed E-state index contributed by atoms with van der Waals surface area (Å²) in [6.45, 7) is 7.66. The fourth-order valence-corrected chi connectivity index (χ4v) is 2.00. The van der Waals surface area contributed by atoms with Crippen LogP contribution in [0.4, 0.5) is 0 Å². The van der Waals surface area contributed by atoms with Gasteiger partial charge in [0.1, 0.15) is 0 Å². The number of hydrogen-bond acceptors (Lipinski definition) is 5. The summed E-state index contributed by atoms with van der Waals surface area (Å²) in [5.74, 6) is -0.156. The van der Waals surface area contributed by atoms with Crippen LogP contribution in [-0.4, -0.2) is 75.4 Å². The number of carbonyl (C=O) groups excluding carboxylic acids is 1. The van der Waals surface area contributed by atoms with Gasteiger partial charge < -0.3 is 14.4 Å². The molecule has 1 saturated heterocycles. The third-order valence-electron chi connectivity index (χ3n) is 3.11. The summed E-state index contributed by atoms with van der Waals surface area (Å²) >= 11 is 0. The molecule has 5 heteroatoms. The first-order valence-electron chi connectivity index (χ1n) is 6.25.